The molecular formula is C4H10N2O2S. The van der Waals surface area contributed by atoms with Gasteiger partial charge in [0.25, 0.3) is 10.2 Å². The van der Waals surface area contributed by atoms with Crippen molar-refractivity contribution in [3.8, 4) is 0 Å². The smallest absolute Gasteiger partial charge is 0.216 e. The predicted molar refractivity (Wildman–Crippen MR) is 33.9 cm³/mol. The standard InChI is InChI=1S/C4H10N2O2S/c1-4(2-3-4)6-9(5,7)8/h6H,2-3H2,1H3,(H2,5,7,8). The van der Waals surface area contributed by atoms with Crippen LogP contribution in [0.25, 0.3) is 0 Å². The Balaban J connectivity index is 2.53. The zero-order chi connectivity index (χ0) is 7.12. The van der Waals surface area contributed by atoms with Gasteiger partial charge in [0.15, 0.2) is 0 Å². The lowest BCUT2D eigenvalue weighted by molar-refractivity contribution is 0.560. The van der Waals surface area contributed by atoms with Crippen LogP contribution in [-0.2, 0) is 10.2 Å². The van der Waals surface area contributed by atoms with Gasteiger partial charge in [-0.25, -0.2) is 5.14 Å². The Kier molecular flexibility index (Phi) is 1.30. The van der Waals surface area contributed by atoms with Crippen LogP contribution in [0.1, 0.15) is 19.8 Å². The largest absolute Gasteiger partial charge is 0.274 e. The Hall–Kier alpha value is -0.130. The van der Waals surface area contributed by atoms with E-state index in [0.717, 1.165) is 12.8 Å². The van der Waals surface area contributed by atoms with Crippen molar-refractivity contribution in [2.24, 2.45) is 5.14 Å². The van der Waals surface area contributed by atoms with E-state index in [1.165, 1.54) is 0 Å². The Bertz CT molecular complexity index is 205. The van der Waals surface area contributed by atoms with E-state index in [9.17, 15) is 8.42 Å². The molecule has 54 valence electrons. The van der Waals surface area contributed by atoms with Gasteiger partial charge in [-0.15, -0.1) is 0 Å². The van der Waals surface area contributed by atoms with Gasteiger partial charge >= 0.3 is 0 Å². The molecule has 0 bridgehead atoms. The molecule has 0 saturated heterocycles. The topological polar surface area (TPSA) is 72.2 Å². The number of nitrogens with one attached hydrogen (secondary N) is 1. The summed E-state index contributed by atoms with van der Waals surface area (Å²) in [4.78, 5) is 0. The highest BCUT2D eigenvalue weighted by atomic mass is 32.2. The molecule has 0 unspecified atom stereocenters. The van der Waals surface area contributed by atoms with Crippen molar-refractivity contribution in [3.05, 3.63) is 0 Å². The molecule has 0 atom stereocenters. The SMILES string of the molecule is CC1(NS(N)(=O)=O)CC1. The maximum Gasteiger partial charge on any atom is 0.274 e. The maximum absolute atomic E-state index is 10.4. The molecule has 1 rings (SSSR count). The van der Waals surface area contributed by atoms with E-state index >= 15 is 0 Å². The van der Waals surface area contributed by atoms with Gasteiger partial charge in [0.05, 0.1) is 0 Å². The van der Waals surface area contributed by atoms with E-state index in [4.69, 9.17) is 5.14 Å². The fraction of sp³-hybridized carbons (Fsp3) is 1.00. The quantitative estimate of drug-likeness (QED) is 0.548. The van der Waals surface area contributed by atoms with Crippen molar-refractivity contribution in [1.29, 1.82) is 0 Å². The molecule has 0 heterocycles. The van der Waals surface area contributed by atoms with Crippen molar-refractivity contribution in [2.75, 3.05) is 0 Å². The molecule has 4 nitrogen and oxygen atoms in total. The first kappa shape index (κ1) is 6.98. The summed E-state index contributed by atoms with van der Waals surface area (Å²) in [5.74, 6) is 0. The lowest BCUT2D eigenvalue weighted by Crippen LogP contribution is -2.39. The average Bonchev–Trinajstić information content (AvgIpc) is 2.12. The van der Waals surface area contributed by atoms with Gasteiger partial charge in [-0.1, -0.05) is 0 Å². The second kappa shape index (κ2) is 1.68. The van der Waals surface area contributed by atoms with Crippen LogP contribution in [0.4, 0.5) is 0 Å². The van der Waals surface area contributed by atoms with Crippen LogP contribution in [0.15, 0.2) is 0 Å². The van der Waals surface area contributed by atoms with E-state index in [0.29, 0.717) is 0 Å². The highest BCUT2D eigenvalue weighted by Crippen LogP contribution is 2.34. The summed E-state index contributed by atoms with van der Waals surface area (Å²) in [5.41, 5.74) is -0.229. The molecule has 9 heavy (non-hydrogen) atoms. The molecule has 1 aliphatic rings. The van der Waals surface area contributed by atoms with Crippen molar-refractivity contribution in [1.82, 2.24) is 4.72 Å². The summed E-state index contributed by atoms with van der Waals surface area (Å²) in [5, 5.41) is 4.72. The third-order valence-corrected chi connectivity index (χ3v) is 2.17. The predicted octanol–water partition coefficient (Wildman–Crippen LogP) is -0.668. The fourth-order valence-electron chi connectivity index (χ4n) is 0.633. The molecule has 3 N–H and O–H groups in total. The Morgan fingerprint density at radius 3 is 2.11 bits per heavy atom. The lowest BCUT2D eigenvalue weighted by atomic mass is 10.4. The first-order valence-electron chi connectivity index (χ1n) is 2.73. The minimum absolute atomic E-state index is 0.229. The first-order valence-corrected chi connectivity index (χ1v) is 4.28. The van der Waals surface area contributed by atoms with E-state index < -0.39 is 10.2 Å². The number of hydrogen-bond donors (Lipinski definition) is 2. The molecule has 0 aliphatic heterocycles. The number of nitrogens with two attached hydrogens (primary N) is 1. The number of rotatable bonds is 2. The molecule has 0 aromatic carbocycles. The third kappa shape index (κ3) is 2.30. The minimum atomic E-state index is -3.47. The van der Waals surface area contributed by atoms with Gasteiger partial charge in [0.2, 0.25) is 0 Å². The van der Waals surface area contributed by atoms with E-state index in [2.05, 4.69) is 4.72 Å². The van der Waals surface area contributed by atoms with Gasteiger partial charge in [-0.3, -0.25) is 0 Å². The van der Waals surface area contributed by atoms with E-state index in [-0.39, 0.29) is 5.54 Å². The highest BCUT2D eigenvalue weighted by Gasteiger charge is 2.39. The van der Waals surface area contributed by atoms with Crippen molar-refractivity contribution < 1.29 is 8.42 Å². The van der Waals surface area contributed by atoms with Gasteiger partial charge in [0, 0.05) is 5.54 Å². The van der Waals surface area contributed by atoms with Gasteiger partial charge in [-0.05, 0) is 19.8 Å². The molecule has 1 fully saturated rings. The van der Waals surface area contributed by atoms with Crippen molar-refractivity contribution in [2.45, 2.75) is 25.3 Å². The van der Waals surface area contributed by atoms with Crippen molar-refractivity contribution in [3.63, 3.8) is 0 Å². The Morgan fingerprint density at radius 1 is 1.56 bits per heavy atom. The third-order valence-electron chi connectivity index (χ3n) is 1.39. The van der Waals surface area contributed by atoms with E-state index in [1.54, 1.807) is 0 Å². The molecule has 0 radical (unpaired) electrons. The van der Waals surface area contributed by atoms with Gasteiger partial charge < -0.3 is 0 Å². The van der Waals surface area contributed by atoms with Crippen LogP contribution in [0.5, 0.6) is 0 Å². The molecule has 0 aromatic heterocycles. The Labute approximate surface area is 54.6 Å². The molecular weight excluding hydrogens is 140 g/mol. The highest BCUT2D eigenvalue weighted by molar-refractivity contribution is 7.87. The average molecular weight is 150 g/mol. The Morgan fingerprint density at radius 2 is 2.00 bits per heavy atom. The summed E-state index contributed by atoms with van der Waals surface area (Å²) < 4.78 is 23.0. The summed E-state index contributed by atoms with van der Waals surface area (Å²) in [7, 11) is -3.47. The van der Waals surface area contributed by atoms with Crippen LogP contribution >= 0.6 is 0 Å². The summed E-state index contributed by atoms with van der Waals surface area (Å²) in [6.45, 7) is 1.83. The zero-order valence-corrected chi connectivity index (χ0v) is 6.03. The van der Waals surface area contributed by atoms with Gasteiger partial charge in [-0.2, -0.15) is 13.1 Å². The first-order chi connectivity index (χ1) is 3.91. The van der Waals surface area contributed by atoms with Crippen LogP contribution in [0.2, 0.25) is 0 Å². The van der Waals surface area contributed by atoms with Crippen LogP contribution in [0.3, 0.4) is 0 Å². The molecule has 1 saturated carbocycles. The fourth-order valence-corrected chi connectivity index (χ4v) is 1.52. The monoisotopic (exact) mass is 150 g/mol. The van der Waals surface area contributed by atoms with Gasteiger partial charge in [0.1, 0.15) is 0 Å². The van der Waals surface area contributed by atoms with E-state index in [1.807, 2.05) is 6.92 Å². The molecule has 0 amide bonds. The van der Waals surface area contributed by atoms with Crippen LogP contribution in [-0.4, -0.2) is 14.0 Å². The van der Waals surface area contributed by atoms with Crippen LogP contribution < -0.4 is 9.86 Å². The normalized spacial score (nSPS) is 23.8. The summed E-state index contributed by atoms with van der Waals surface area (Å²) in [6.07, 6.45) is 1.78. The molecule has 1 aliphatic carbocycles. The zero-order valence-electron chi connectivity index (χ0n) is 5.22. The summed E-state index contributed by atoms with van der Waals surface area (Å²) >= 11 is 0. The maximum atomic E-state index is 10.4. The summed E-state index contributed by atoms with van der Waals surface area (Å²) in [6, 6.07) is 0. The van der Waals surface area contributed by atoms with Crippen molar-refractivity contribution >= 4 is 10.2 Å². The molecule has 0 spiro atoms. The second-order valence-electron chi connectivity index (χ2n) is 2.71. The molecule has 5 heteroatoms. The lowest BCUT2D eigenvalue weighted by Gasteiger charge is -2.06. The van der Waals surface area contributed by atoms with Crippen LogP contribution in [0, 0.1) is 0 Å². The molecule has 0 aromatic rings. The second-order valence-corrected chi connectivity index (χ2v) is 4.00. The minimum Gasteiger partial charge on any atom is -0.216 e. The number of hydrogen-bond acceptors (Lipinski definition) is 2.